The number of hydrogen-bond acceptors (Lipinski definition) is 7. The molecule has 29 heavy (non-hydrogen) atoms. The molecule has 0 unspecified atom stereocenters. The lowest BCUT2D eigenvalue weighted by molar-refractivity contribution is -0.147. The fraction of sp³-hybridized carbons (Fsp3) is 0.286. The first-order valence-corrected chi connectivity index (χ1v) is 8.92. The molecule has 0 aromatic heterocycles. The molecule has 8 heteroatoms. The summed E-state index contributed by atoms with van der Waals surface area (Å²) in [6, 6.07) is 13.3. The van der Waals surface area contributed by atoms with Crippen LogP contribution in [0.25, 0.3) is 0 Å². The van der Waals surface area contributed by atoms with Gasteiger partial charge < -0.3 is 24.3 Å². The summed E-state index contributed by atoms with van der Waals surface area (Å²) in [4.78, 5) is 34.9. The predicted molar refractivity (Wildman–Crippen MR) is 105 cm³/mol. The quantitative estimate of drug-likeness (QED) is 0.483. The molecule has 0 saturated heterocycles. The highest BCUT2D eigenvalue weighted by Crippen LogP contribution is 2.17. The molecule has 0 saturated carbocycles. The molecule has 0 aliphatic heterocycles. The van der Waals surface area contributed by atoms with E-state index in [1.54, 1.807) is 43.5 Å². The molecule has 8 nitrogen and oxygen atoms in total. The van der Waals surface area contributed by atoms with Gasteiger partial charge in [-0.15, -0.1) is 0 Å². The van der Waals surface area contributed by atoms with Gasteiger partial charge in [-0.05, 0) is 55.0 Å². The molecular weight excluding hydrogens is 378 g/mol. The van der Waals surface area contributed by atoms with Crippen LogP contribution in [0.5, 0.6) is 11.5 Å². The van der Waals surface area contributed by atoms with E-state index in [0.717, 1.165) is 5.75 Å². The summed E-state index contributed by atoms with van der Waals surface area (Å²) in [7, 11) is 2.88. The second-order valence-corrected chi connectivity index (χ2v) is 5.91. The minimum absolute atomic E-state index is 0.136. The lowest BCUT2D eigenvalue weighted by Gasteiger charge is -2.08. The van der Waals surface area contributed by atoms with Gasteiger partial charge in [0.2, 0.25) is 0 Å². The van der Waals surface area contributed by atoms with E-state index in [1.165, 1.54) is 19.2 Å². The Labute approximate surface area is 168 Å². The van der Waals surface area contributed by atoms with Crippen LogP contribution in [0.3, 0.4) is 0 Å². The zero-order chi connectivity index (χ0) is 21.1. The Morgan fingerprint density at radius 3 is 2.17 bits per heavy atom. The number of carbonyl (C=O) groups excluding carboxylic acids is 3. The zero-order valence-corrected chi connectivity index (χ0v) is 16.3. The van der Waals surface area contributed by atoms with Crippen LogP contribution in [-0.2, 0) is 19.1 Å². The van der Waals surface area contributed by atoms with Gasteiger partial charge in [-0.3, -0.25) is 9.59 Å². The van der Waals surface area contributed by atoms with E-state index in [2.05, 4.69) is 10.1 Å². The van der Waals surface area contributed by atoms with E-state index in [1.807, 2.05) is 0 Å². The molecule has 154 valence electrons. The minimum atomic E-state index is -0.487. The van der Waals surface area contributed by atoms with Crippen molar-refractivity contribution in [2.24, 2.45) is 0 Å². The molecule has 0 aliphatic rings. The predicted octanol–water partition coefficient (Wildman–Crippen LogP) is 2.82. The van der Waals surface area contributed by atoms with Gasteiger partial charge in [0, 0.05) is 12.1 Å². The number of hydrogen-bond donors (Lipinski definition) is 1. The van der Waals surface area contributed by atoms with Crippen molar-refractivity contribution in [3.63, 3.8) is 0 Å². The van der Waals surface area contributed by atoms with Crippen LogP contribution in [-0.4, -0.2) is 45.3 Å². The topological polar surface area (TPSA) is 100 Å². The van der Waals surface area contributed by atoms with Gasteiger partial charge in [-0.2, -0.15) is 0 Å². The lowest BCUT2D eigenvalue weighted by Crippen LogP contribution is -2.21. The van der Waals surface area contributed by atoms with Gasteiger partial charge in [-0.25, -0.2) is 4.79 Å². The minimum Gasteiger partial charge on any atom is -0.497 e. The van der Waals surface area contributed by atoms with Crippen LogP contribution in [0.15, 0.2) is 48.5 Å². The van der Waals surface area contributed by atoms with E-state index in [9.17, 15) is 14.4 Å². The standard InChI is InChI=1S/C21H23NO7/c1-26-17-9-11-18(12-10-17)28-13-3-4-20(24)29-14-19(23)22-16-7-5-15(6-8-16)21(25)27-2/h5-12H,3-4,13-14H2,1-2H3,(H,22,23). The van der Waals surface area contributed by atoms with E-state index in [0.29, 0.717) is 30.0 Å². The van der Waals surface area contributed by atoms with Crippen molar-refractivity contribution in [3.8, 4) is 11.5 Å². The largest absolute Gasteiger partial charge is 0.497 e. The first kappa shape index (κ1) is 21.7. The van der Waals surface area contributed by atoms with Crippen LogP contribution >= 0.6 is 0 Å². The Bertz CT molecular complexity index is 816. The van der Waals surface area contributed by atoms with E-state index < -0.39 is 24.5 Å². The number of benzene rings is 2. The average molecular weight is 401 g/mol. The molecule has 2 aromatic carbocycles. The molecule has 0 spiro atoms. The number of nitrogens with one attached hydrogen (secondary N) is 1. The van der Waals surface area contributed by atoms with Crippen molar-refractivity contribution in [1.29, 1.82) is 0 Å². The molecular formula is C21H23NO7. The average Bonchev–Trinajstić information content (AvgIpc) is 2.75. The summed E-state index contributed by atoms with van der Waals surface area (Å²) < 4.78 is 20.1. The van der Waals surface area contributed by atoms with Crippen LogP contribution in [0, 0.1) is 0 Å². The van der Waals surface area contributed by atoms with Gasteiger partial charge in [0.05, 0.1) is 26.4 Å². The van der Waals surface area contributed by atoms with Gasteiger partial charge in [0.15, 0.2) is 6.61 Å². The van der Waals surface area contributed by atoms with Gasteiger partial charge in [-0.1, -0.05) is 0 Å². The molecule has 0 aliphatic carbocycles. The van der Waals surface area contributed by atoms with Gasteiger partial charge >= 0.3 is 11.9 Å². The maximum Gasteiger partial charge on any atom is 0.337 e. The number of esters is 2. The number of anilines is 1. The summed E-state index contributed by atoms with van der Waals surface area (Å²) in [6.45, 7) is -0.0446. The molecule has 0 heterocycles. The second kappa shape index (κ2) is 11.3. The first-order valence-electron chi connectivity index (χ1n) is 8.92. The third kappa shape index (κ3) is 7.53. The summed E-state index contributed by atoms with van der Waals surface area (Å²) in [5.74, 6) is -0.0127. The highest BCUT2D eigenvalue weighted by Gasteiger charge is 2.09. The van der Waals surface area contributed by atoms with E-state index >= 15 is 0 Å². The Balaban J connectivity index is 1.62. The normalized spacial score (nSPS) is 10.0. The van der Waals surface area contributed by atoms with Crippen molar-refractivity contribution in [3.05, 3.63) is 54.1 Å². The van der Waals surface area contributed by atoms with E-state index in [4.69, 9.17) is 14.2 Å². The van der Waals surface area contributed by atoms with Crippen molar-refractivity contribution in [1.82, 2.24) is 0 Å². The molecule has 0 atom stereocenters. The molecule has 1 amide bonds. The highest BCUT2D eigenvalue weighted by atomic mass is 16.5. The Hall–Kier alpha value is -3.55. The third-order valence-corrected chi connectivity index (χ3v) is 3.81. The van der Waals surface area contributed by atoms with Crippen molar-refractivity contribution in [2.75, 3.05) is 32.8 Å². The van der Waals surface area contributed by atoms with Crippen molar-refractivity contribution in [2.45, 2.75) is 12.8 Å². The monoisotopic (exact) mass is 401 g/mol. The lowest BCUT2D eigenvalue weighted by atomic mass is 10.2. The van der Waals surface area contributed by atoms with Crippen LogP contribution < -0.4 is 14.8 Å². The fourth-order valence-corrected chi connectivity index (χ4v) is 2.30. The molecule has 2 aromatic rings. The molecule has 1 N–H and O–H groups in total. The smallest absolute Gasteiger partial charge is 0.337 e. The number of methoxy groups -OCH3 is 2. The van der Waals surface area contributed by atoms with Crippen LogP contribution in [0.1, 0.15) is 23.2 Å². The van der Waals surface area contributed by atoms with Crippen molar-refractivity contribution < 1.29 is 33.3 Å². The number of amides is 1. The molecule has 0 radical (unpaired) electrons. The number of rotatable bonds is 10. The second-order valence-electron chi connectivity index (χ2n) is 5.91. The molecule has 0 bridgehead atoms. The first-order chi connectivity index (χ1) is 14.0. The van der Waals surface area contributed by atoms with Crippen molar-refractivity contribution >= 4 is 23.5 Å². The summed E-state index contributed by atoms with van der Waals surface area (Å²) in [5.41, 5.74) is 0.848. The molecule has 0 fully saturated rings. The Kier molecular flexibility index (Phi) is 8.50. The maximum absolute atomic E-state index is 11.8. The number of ether oxygens (including phenoxy) is 4. The maximum atomic E-state index is 11.8. The van der Waals surface area contributed by atoms with Gasteiger partial charge in [0.1, 0.15) is 11.5 Å². The number of carbonyl (C=O) groups is 3. The zero-order valence-electron chi connectivity index (χ0n) is 16.3. The Morgan fingerprint density at radius 2 is 1.55 bits per heavy atom. The fourth-order valence-electron chi connectivity index (χ4n) is 2.30. The van der Waals surface area contributed by atoms with Crippen LogP contribution in [0.4, 0.5) is 5.69 Å². The van der Waals surface area contributed by atoms with Crippen LogP contribution in [0.2, 0.25) is 0 Å². The molecule has 2 rings (SSSR count). The third-order valence-electron chi connectivity index (χ3n) is 3.81. The Morgan fingerprint density at radius 1 is 0.897 bits per heavy atom. The van der Waals surface area contributed by atoms with E-state index in [-0.39, 0.29) is 6.42 Å². The SMILES string of the molecule is COC(=O)c1ccc(NC(=O)COC(=O)CCCOc2ccc(OC)cc2)cc1. The summed E-state index contributed by atoms with van der Waals surface area (Å²) in [5, 5.41) is 2.58. The summed E-state index contributed by atoms with van der Waals surface area (Å²) >= 11 is 0. The van der Waals surface area contributed by atoms with Gasteiger partial charge in [0.25, 0.3) is 5.91 Å². The highest BCUT2D eigenvalue weighted by molar-refractivity contribution is 5.94. The summed E-state index contributed by atoms with van der Waals surface area (Å²) in [6.07, 6.45) is 0.596.